The van der Waals surface area contributed by atoms with Crippen LogP contribution in [0.3, 0.4) is 0 Å². The maximum Gasteiger partial charge on any atom is 0.411 e. The smallest absolute Gasteiger partial charge is 0.351 e. The fourth-order valence-electron chi connectivity index (χ4n) is 1.04. The average Bonchev–Trinajstić information content (AvgIpc) is 2.51. The van der Waals surface area contributed by atoms with Crippen molar-refractivity contribution in [1.82, 2.24) is 14.9 Å². The molecule has 0 aliphatic rings. The van der Waals surface area contributed by atoms with Gasteiger partial charge in [0.2, 0.25) is 0 Å². The Balaban J connectivity index is 2.40. The van der Waals surface area contributed by atoms with E-state index in [4.69, 9.17) is 0 Å². The van der Waals surface area contributed by atoms with Crippen LogP contribution in [0.2, 0.25) is 0 Å². The van der Waals surface area contributed by atoms with Gasteiger partial charge in [0.15, 0.2) is 0 Å². The van der Waals surface area contributed by atoms with Gasteiger partial charge in [-0.25, -0.2) is 4.98 Å². The van der Waals surface area contributed by atoms with Gasteiger partial charge in [-0.05, 0) is 7.05 Å². The molecule has 86 valence electrons. The van der Waals surface area contributed by atoms with Crippen LogP contribution in [0.1, 0.15) is 5.82 Å². The molecule has 0 unspecified atom stereocenters. The first-order valence-corrected chi connectivity index (χ1v) is 4.32. The molecule has 0 amide bonds. The molecule has 0 aliphatic heterocycles. The number of halogens is 3. The molecule has 0 saturated heterocycles. The third-order valence-electron chi connectivity index (χ3n) is 1.63. The van der Waals surface area contributed by atoms with Gasteiger partial charge in [-0.1, -0.05) is 0 Å². The molecule has 0 radical (unpaired) electrons. The Morgan fingerprint density at radius 3 is 2.87 bits per heavy atom. The van der Waals surface area contributed by atoms with Crippen molar-refractivity contribution >= 4 is 0 Å². The fourth-order valence-corrected chi connectivity index (χ4v) is 1.04. The summed E-state index contributed by atoms with van der Waals surface area (Å²) in [5, 5.41) is 2.86. The third-order valence-corrected chi connectivity index (χ3v) is 1.63. The van der Waals surface area contributed by atoms with Gasteiger partial charge in [0, 0.05) is 12.4 Å². The lowest BCUT2D eigenvalue weighted by Crippen LogP contribution is -2.20. The topological polar surface area (TPSA) is 39.1 Å². The number of nitrogens with zero attached hydrogens (tertiary/aromatic N) is 2. The first-order valence-electron chi connectivity index (χ1n) is 4.32. The van der Waals surface area contributed by atoms with Gasteiger partial charge in [-0.2, -0.15) is 13.2 Å². The number of hydrogen-bond donors (Lipinski definition) is 1. The molecule has 0 saturated carbocycles. The van der Waals surface area contributed by atoms with E-state index in [-0.39, 0.29) is 6.73 Å². The summed E-state index contributed by atoms with van der Waals surface area (Å²) in [5.41, 5.74) is 0. The number of rotatable bonds is 5. The van der Waals surface area contributed by atoms with Gasteiger partial charge < -0.3 is 14.6 Å². The molecule has 4 nitrogen and oxygen atoms in total. The van der Waals surface area contributed by atoms with Crippen molar-refractivity contribution in [1.29, 1.82) is 0 Å². The Labute approximate surface area is 85.1 Å². The molecular weight excluding hydrogens is 211 g/mol. The minimum atomic E-state index is -4.29. The monoisotopic (exact) mass is 223 g/mol. The van der Waals surface area contributed by atoms with Gasteiger partial charge in [-0.3, -0.25) is 0 Å². The van der Waals surface area contributed by atoms with Crippen LogP contribution in [0.5, 0.6) is 0 Å². The first kappa shape index (κ1) is 12.0. The molecule has 0 fully saturated rings. The molecule has 1 aromatic rings. The predicted octanol–water partition coefficient (Wildman–Crippen LogP) is 1.14. The third kappa shape index (κ3) is 4.30. The second-order valence-corrected chi connectivity index (χ2v) is 2.94. The summed E-state index contributed by atoms with van der Waals surface area (Å²) < 4.78 is 41.3. The normalized spacial score (nSPS) is 12.0. The molecule has 0 aliphatic carbocycles. The summed E-state index contributed by atoms with van der Waals surface area (Å²) in [5.74, 6) is 0.639. The Bertz CT molecular complexity index is 298. The minimum absolute atomic E-state index is 0.142. The van der Waals surface area contributed by atoms with Crippen molar-refractivity contribution in [3.8, 4) is 0 Å². The molecule has 1 N–H and O–H groups in total. The number of imidazole rings is 1. The molecule has 15 heavy (non-hydrogen) atoms. The largest absolute Gasteiger partial charge is 0.411 e. The SMILES string of the molecule is CNCc1nccn1COCC(F)(F)F. The van der Waals surface area contributed by atoms with E-state index in [0.29, 0.717) is 12.4 Å². The Hall–Kier alpha value is -1.08. The molecule has 0 spiro atoms. The number of alkyl halides is 3. The van der Waals surface area contributed by atoms with E-state index in [1.807, 2.05) is 0 Å². The predicted molar refractivity (Wildman–Crippen MR) is 47.0 cm³/mol. The number of aromatic nitrogens is 2. The highest BCUT2D eigenvalue weighted by atomic mass is 19.4. The number of ether oxygens (including phenoxy) is 1. The highest BCUT2D eigenvalue weighted by Crippen LogP contribution is 2.14. The molecule has 7 heteroatoms. The van der Waals surface area contributed by atoms with Crippen LogP contribution in [0, 0.1) is 0 Å². The molecule has 1 aromatic heterocycles. The maximum absolute atomic E-state index is 11.8. The fraction of sp³-hybridized carbons (Fsp3) is 0.625. The summed E-state index contributed by atoms with van der Waals surface area (Å²) in [7, 11) is 1.73. The molecule has 1 rings (SSSR count). The van der Waals surface area contributed by atoms with E-state index in [0.717, 1.165) is 0 Å². The van der Waals surface area contributed by atoms with Crippen molar-refractivity contribution in [2.45, 2.75) is 19.5 Å². The Morgan fingerprint density at radius 1 is 1.53 bits per heavy atom. The Kier molecular flexibility index (Phi) is 4.10. The lowest BCUT2D eigenvalue weighted by Gasteiger charge is -2.10. The van der Waals surface area contributed by atoms with Crippen LogP contribution in [-0.4, -0.2) is 29.4 Å². The van der Waals surface area contributed by atoms with Gasteiger partial charge in [0.25, 0.3) is 0 Å². The van der Waals surface area contributed by atoms with Crippen molar-refractivity contribution in [2.75, 3.05) is 13.7 Å². The van der Waals surface area contributed by atoms with E-state index < -0.39 is 12.8 Å². The molecule has 0 bridgehead atoms. The zero-order chi connectivity index (χ0) is 11.3. The van der Waals surface area contributed by atoms with E-state index in [2.05, 4.69) is 15.0 Å². The molecular formula is C8H12F3N3O. The van der Waals surface area contributed by atoms with Gasteiger partial charge in [0.05, 0.1) is 6.54 Å². The number of nitrogens with one attached hydrogen (secondary N) is 1. The van der Waals surface area contributed by atoms with Crippen LogP contribution in [0.4, 0.5) is 13.2 Å². The lowest BCUT2D eigenvalue weighted by molar-refractivity contribution is -0.182. The van der Waals surface area contributed by atoms with E-state index in [1.54, 1.807) is 13.2 Å². The minimum Gasteiger partial charge on any atom is -0.351 e. The van der Waals surface area contributed by atoms with Crippen LogP contribution >= 0.6 is 0 Å². The van der Waals surface area contributed by atoms with Crippen LogP contribution in [0.25, 0.3) is 0 Å². The van der Waals surface area contributed by atoms with Crippen LogP contribution in [0.15, 0.2) is 12.4 Å². The van der Waals surface area contributed by atoms with Crippen LogP contribution < -0.4 is 5.32 Å². The zero-order valence-corrected chi connectivity index (χ0v) is 8.21. The number of hydrogen-bond acceptors (Lipinski definition) is 3. The van der Waals surface area contributed by atoms with Crippen molar-refractivity contribution in [3.63, 3.8) is 0 Å². The molecule has 0 atom stereocenters. The standard InChI is InChI=1S/C8H12F3N3O/c1-12-4-7-13-2-3-14(7)6-15-5-8(9,10)11/h2-3,12H,4-6H2,1H3. The van der Waals surface area contributed by atoms with Gasteiger partial charge in [0.1, 0.15) is 19.2 Å². The summed E-state index contributed by atoms with van der Waals surface area (Å²) in [6, 6.07) is 0. The summed E-state index contributed by atoms with van der Waals surface area (Å²) in [6.45, 7) is -0.900. The van der Waals surface area contributed by atoms with Crippen molar-refractivity contribution < 1.29 is 17.9 Å². The van der Waals surface area contributed by atoms with Gasteiger partial charge in [-0.15, -0.1) is 0 Å². The van der Waals surface area contributed by atoms with E-state index in [1.165, 1.54) is 10.8 Å². The molecule has 1 heterocycles. The summed E-state index contributed by atoms with van der Waals surface area (Å²) in [4.78, 5) is 3.96. The van der Waals surface area contributed by atoms with Crippen molar-refractivity contribution in [2.24, 2.45) is 0 Å². The lowest BCUT2D eigenvalue weighted by atomic mass is 10.6. The maximum atomic E-state index is 11.8. The highest BCUT2D eigenvalue weighted by molar-refractivity contribution is 4.90. The van der Waals surface area contributed by atoms with E-state index in [9.17, 15) is 13.2 Å². The molecule has 0 aromatic carbocycles. The van der Waals surface area contributed by atoms with Crippen LogP contribution in [-0.2, 0) is 18.0 Å². The quantitative estimate of drug-likeness (QED) is 0.813. The van der Waals surface area contributed by atoms with Gasteiger partial charge >= 0.3 is 6.18 Å². The van der Waals surface area contributed by atoms with E-state index >= 15 is 0 Å². The Morgan fingerprint density at radius 2 is 2.27 bits per heavy atom. The summed E-state index contributed by atoms with van der Waals surface area (Å²) in [6.07, 6.45) is -1.20. The first-order chi connectivity index (χ1) is 7.03. The second-order valence-electron chi connectivity index (χ2n) is 2.94. The van der Waals surface area contributed by atoms with Crippen molar-refractivity contribution in [3.05, 3.63) is 18.2 Å². The zero-order valence-electron chi connectivity index (χ0n) is 8.21. The summed E-state index contributed by atoms with van der Waals surface area (Å²) >= 11 is 0. The second kappa shape index (κ2) is 5.13. The average molecular weight is 223 g/mol. The highest BCUT2D eigenvalue weighted by Gasteiger charge is 2.27.